The van der Waals surface area contributed by atoms with Gasteiger partial charge in [-0.2, -0.15) is 0 Å². The predicted molar refractivity (Wildman–Crippen MR) is 79.0 cm³/mol. The molecule has 0 heterocycles. The topological polar surface area (TPSA) is 0 Å². The number of aryl methyl sites for hydroxylation is 2. The van der Waals surface area contributed by atoms with Gasteiger partial charge >= 0.3 is 0 Å². The second-order valence-corrected chi connectivity index (χ2v) is 5.04. The van der Waals surface area contributed by atoms with Crippen molar-refractivity contribution in [3.05, 3.63) is 71.3 Å². The molecule has 0 aliphatic carbocycles. The van der Waals surface area contributed by atoms with Crippen molar-refractivity contribution in [2.24, 2.45) is 0 Å². The van der Waals surface area contributed by atoms with Gasteiger partial charge in [-0.3, -0.25) is 0 Å². The summed E-state index contributed by atoms with van der Waals surface area (Å²) < 4.78 is 0. The zero-order chi connectivity index (χ0) is 12.8. The highest BCUT2D eigenvalue weighted by Gasteiger charge is 2.09. The Morgan fingerprint density at radius 2 is 1.56 bits per heavy atom. The molecule has 0 aromatic heterocycles. The van der Waals surface area contributed by atoms with Crippen molar-refractivity contribution in [1.29, 1.82) is 0 Å². The molecular formula is C18H22. The second-order valence-electron chi connectivity index (χ2n) is 5.04. The largest absolute Gasteiger partial charge is 0.0648 e. The van der Waals surface area contributed by atoms with Crippen LogP contribution in [0, 0.1) is 6.92 Å². The van der Waals surface area contributed by atoms with Crippen molar-refractivity contribution in [3.8, 4) is 0 Å². The lowest BCUT2D eigenvalue weighted by molar-refractivity contribution is 0.606. The first-order chi connectivity index (χ1) is 8.79. The average Bonchev–Trinajstić information content (AvgIpc) is 2.42. The number of hydrogen-bond donors (Lipinski definition) is 0. The molecule has 0 nitrogen and oxygen atoms in total. The summed E-state index contributed by atoms with van der Waals surface area (Å²) in [7, 11) is 0. The van der Waals surface area contributed by atoms with Crippen molar-refractivity contribution in [2.75, 3.05) is 0 Å². The van der Waals surface area contributed by atoms with E-state index in [4.69, 9.17) is 0 Å². The smallest absolute Gasteiger partial charge is 0.0161 e. The Kier molecular flexibility index (Phi) is 4.58. The monoisotopic (exact) mass is 238 g/mol. The highest BCUT2D eigenvalue weighted by molar-refractivity contribution is 5.25. The Labute approximate surface area is 111 Å². The van der Waals surface area contributed by atoms with Crippen LogP contribution in [0.4, 0.5) is 0 Å². The van der Waals surface area contributed by atoms with Crippen LogP contribution in [0.1, 0.15) is 42.4 Å². The zero-order valence-corrected chi connectivity index (χ0v) is 11.4. The first kappa shape index (κ1) is 12.9. The first-order valence-corrected chi connectivity index (χ1v) is 6.90. The molecule has 0 saturated heterocycles. The Hall–Kier alpha value is -1.56. The predicted octanol–water partition coefficient (Wildman–Crippen LogP) is 5.12. The minimum atomic E-state index is 0.686. The lowest BCUT2D eigenvalue weighted by Gasteiger charge is -2.15. The van der Waals surface area contributed by atoms with E-state index in [1.165, 1.54) is 36.0 Å². The van der Waals surface area contributed by atoms with E-state index in [1.54, 1.807) is 0 Å². The Morgan fingerprint density at radius 1 is 0.889 bits per heavy atom. The molecule has 0 aliphatic rings. The van der Waals surface area contributed by atoms with Crippen LogP contribution in [0.2, 0.25) is 0 Å². The lowest BCUT2D eigenvalue weighted by Crippen LogP contribution is -1.99. The molecule has 0 saturated carbocycles. The normalized spacial score (nSPS) is 12.3. The Bertz CT molecular complexity index is 453. The van der Waals surface area contributed by atoms with E-state index in [0.717, 1.165) is 0 Å². The fourth-order valence-electron chi connectivity index (χ4n) is 2.43. The molecule has 2 rings (SSSR count). The van der Waals surface area contributed by atoms with E-state index in [2.05, 4.69) is 68.4 Å². The van der Waals surface area contributed by atoms with Crippen molar-refractivity contribution in [1.82, 2.24) is 0 Å². The van der Waals surface area contributed by atoms with E-state index in [0.29, 0.717) is 5.92 Å². The Balaban J connectivity index is 1.99. The summed E-state index contributed by atoms with van der Waals surface area (Å²) >= 11 is 0. The molecular weight excluding hydrogens is 216 g/mol. The van der Waals surface area contributed by atoms with E-state index in [1.807, 2.05) is 0 Å². The van der Waals surface area contributed by atoms with Crippen molar-refractivity contribution in [2.45, 2.75) is 39.0 Å². The van der Waals surface area contributed by atoms with E-state index < -0.39 is 0 Å². The van der Waals surface area contributed by atoms with Gasteiger partial charge in [0.2, 0.25) is 0 Å². The average molecular weight is 238 g/mol. The maximum Gasteiger partial charge on any atom is -0.0161 e. The fourth-order valence-corrected chi connectivity index (χ4v) is 2.43. The summed E-state index contributed by atoms with van der Waals surface area (Å²) in [5.41, 5.74) is 4.28. The third kappa shape index (κ3) is 3.46. The van der Waals surface area contributed by atoms with Crippen LogP contribution in [-0.2, 0) is 6.42 Å². The first-order valence-electron chi connectivity index (χ1n) is 6.90. The standard InChI is InChI=1S/C18H22/c1-3-17(18-12-9-15(2)10-13-18)14-11-16-7-5-4-6-8-16/h4-10,12-13,17H,3,11,14H2,1-2H3. The van der Waals surface area contributed by atoms with Gasteiger partial charge in [-0.05, 0) is 43.2 Å². The number of benzene rings is 2. The van der Waals surface area contributed by atoms with Crippen molar-refractivity contribution >= 4 is 0 Å². The summed E-state index contributed by atoms with van der Waals surface area (Å²) in [5.74, 6) is 0.686. The number of rotatable bonds is 5. The molecule has 0 amide bonds. The molecule has 0 fully saturated rings. The summed E-state index contributed by atoms with van der Waals surface area (Å²) in [5, 5.41) is 0. The van der Waals surface area contributed by atoms with E-state index in [-0.39, 0.29) is 0 Å². The molecule has 0 radical (unpaired) electrons. The van der Waals surface area contributed by atoms with Crippen LogP contribution in [0.5, 0.6) is 0 Å². The van der Waals surface area contributed by atoms with Gasteiger partial charge < -0.3 is 0 Å². The van der Waals surface area contributed by atoms with Gasteiger partial charge in [0, 0.05) is 0 Å². The number of hydrogen-bond acceptors (Lipinski definition) is 0. The van der Waals surface area contributed by atoms with Gasteiger partial charge in [0.05, 0.1) is 0 Å². The molecule has 2 aromatic carbocycles. The van der Waals surface area contributed by atoms with Gasteiger partial charge in [0.15, 0.2) is 0 Å². The quantitative estimate of drug-likeness (QED) is 0.678. The minimum absolute atomic E-state index is 0.686. The van der Waals surface area contributed by atoms with Crippen LogP contribution < -0.4 is 0 Å². The van der Waals surface area contributed by atoms with Gasteiger partial charge in [-0.25, -0.2) is 0 Å². The second kappa shape index (κ2) is 6.39. The molecule has 0 bridgehead atoms. The molecule has 18 heavy (non-hydrogen) atoms. The molecule has 94 valence electrons. The summed E-state index contributed by atoms with van der Waals surface area (Å²) in [4.78, 5) is 0. The highest BCUT2D eigenvalue weighted by Crippen LogP contribution is 2.25. The Morgan fingerprint density at radius 3 is 2.17 bits per heavy atom. The summed E-state index contributed by atoms with van der Waals surface area (Å²) in [6, 6.07) is 19.8. The van der Waals surface area contributed by atoms with E-state index in [9.17, 15) is 0 Å². The van der Waals surface area contributed by atoms with Gasteiger partial charge in [0.25, 0.3) is 0 Å². The van der Waals surface area contributed by atoms with Gasteiger partial charge in [-0.1, -0.05) is 67.1 Å². The third-order valence-electron chi connectivity index (χ3n) is 3.67. The van der Waals surface area contributed by atoms with Crippen LogP contribution in [0.25, 0.3) is 0 Å². The molecule has 2 aromatic rings. The van der Waals surface area contributed by atoms with Gasteiger partial charge in [-0.15, -0.1) is 0 Å². The van der Waals surface area contributed by atoms with Crippen LogP contribution in [0.3, 0.4) is 0 Å². The van der Waals surface area contributed by atoms with Gasteiger partial charge in [0.1, 0.15) is 0 Å². The molecule has 0 heteroatoms. The fraction of sp³-hybridized carbons (Fsp3) is 0.333. The van der Waals surface area contributed by atoms with E-state index >= 15 is 0 Å². The van der Waals surface area contributed by atoms with Crippen molar-refractivity contribution < 1.29 is 0 Å². The maximum absolute atomic E-state index is 2.29. The summed E-state index contributed by atoms with van der Waals surface area (Å²) in [6.45, 7) is 4.43. The maximum atomic E-state index is 2.29. The van der Waals surface area contributed by atoms with Crippen LogP contribution >= 0.6 is 0 Å². The van der Waals surface area contributed by atoms with Crippen molar-refractivity contribution in [3.63, 3.8) is 0 Å². The molecule has 0 aliphatic heterocycles. The third-order valence-corrected chi connectivity index (χ3v) is 3.67. The minimum Gasteiger partial charge on any atom is -0.0648 e. The highest BCUT2D eigenvalue weighted by atomic mass is 14.1. The SMILES string of the molecule is CCC(CCc1ccccc1)c1ccc(C)cc1. The zero-order valence-electron chi connectivity index (χ0n) is 11.4. The summed E-state index contributed by atoms with van der Waals surface area (Å²) in [6.07, 6.45) is 3.63. The van der Waals surface area contributed by atoms with Crippen LogP contribution in [0.15, 0.2) is 54.6 Å². The lowest BCUT2D eigenvalue weighted by atomic mass is 9.90. The molecule has 1 unspecified atom stereocenters. The molecule has 1 atom stereocenters. The van der Waals surface area contributed by atoms with Crippen LogP contribution in [-0.4, -0.2) is 0 Å². The molecule has 0 spiro atoms. The molecule has 0 N–H and O–H groups in total.